The number of alkyl halides is 1. The van der Waals surface area contributed by atoms with Gasteiger partial charge < -0.3 is 15.2 Å². The van der Waals surface area contributed by atoms with E-state index in [4.69, 9.17) is 17.3 Å². The van der Waals surface area contributed by atoms with Crippen molar-refractivity contribution in [2.45, 2.75) is 71.2 Å². The Morgan fingerprint density at radius 3 is 2.09 bits per heavy atom. The number of nitrogen functional groups attached to an aromatic ring is 1. The van der Waals surface area contributed by atoms with Crippen molar-refractivity contribution in [1.29, 1.82) is 0 Å². The van der Waals surface area contributed by atoms with E-state index >= 15 is 0 Å². The monoisotopic (exact) mass is 641 g/mol. The summed E-state index contributed by atoms with van der Waals surface area (Å²) in [6.07, 6.45) is 5.10. The van der Waals surface area contributed by atoms with Crippen molar-refractivity contribution >= 4 is 39.0 Å². The van der Waals surface area contributed by atoms with Gasteiger partial charge in [0.2, 0.25) is 0 Å². The highest BCUT2D eigenvalue weighted by atomic mass is 35.5. The molecule has 0 fully saturated rings. The third-order valence-corrected chi connectivity index (χ3v) is 8.84. The number of ketones is 1. The first kappa shape index (κ1) is 35.0. The van der Waals surface area contributed by atoms with Crippen molar-refractivity contribution in [2.24, 2.45) is 16.2 Å². The summed E-state index contributed by atoms with van der Waals surface area (Å²) in [6.45, 7) is 11.4. The molecule has 1 unspecified atom stereocenters. The number of halogens is 1. The van der Waals surface area contributed by atoms with Gasteiger partial charge in [-0.2, -0.15) is 8.42 Å². The number of hydrogen-bond donors (Lipinski definition) is 1. The van der Waals surface area contributed by atoms with E-state index in [1.165, 1.54) is 29.1 Å². The third kappa shape index (κ3) is 9.75. The van der Waals surface area contributed by atoms with Crippen molar-refractivity contribution in [1.82, 2.24) is 14.5 Å². The maximum Gasteiger partial charge on any atom is 0.284 e. The van der Waals surface area contributed by atoms with Crippen LogP contribution in [0.5, 0.6) is 0 Å². The van der Waals surface area contributed by atoms with Crippen LogP contribution in [0.2, 0.25) is 0 Å². The highest BCUT2D eigenvalue weighted by molar-refractivity contribution is 7.90. The number of sulfonamides is 1. The second-order valence-electron chi connectivity index (χ2n) is 11.9. The number of rotatable bonds is 15. The molecule has 3 aromatic rings. The normalized spacial score (nSPS) is 13.0. The number of nitrogens with two attached hydrogens (primary N) is 1. The molecule has 0 saturated heterocycles. The number of Topliss-reactive ketones (excluding diaryl/α,β-unsaturated/α-hetero) is 1. The number of amides is 1. The maximum absolute atomic E-state index is 13.9. The van der Waals surface area contributed by atoms with Gasteiger partial charge in [0.25, 0.3) is 15.9 Å². The van der Waals surface area contributed by atoms with E-state index in [1.54, 1.807) is 41.3 Å². The van der Waals surface area contributed by atoms with E-state index in [0.29, 0.717) is 42.6 Å². The summed E-state index contributed by atoms with van der Waals surface area (Å²) in [5, 5.41) is 0. The summed E-state index contributed by atoms with van der Waals surface area (Å²) in [4.78, 5) is 34.0. The van der Waals surface area contributed by atoms with Crippen molar-refractivity contribution in [3.63, 3.8) is 0 Å². The Labute approximate surface area is 266 Å². The van der Waals surface area contributed by atoms with E-state index in [2.05, 4.69) is 37.1 Å². The van der Waals surface area contributed by atoms with Crippen LogP contribution in [0.25, 0.3) is 0 Å². The average molecular weight is 642 g/mol. The molecule has 0 aliphatic carbocycles. The number of nitrogens with zero attached hydrogens (tertiary/aromatic N) is 4. The van der Waals surface area contributed by atoms with Crippen molar-refractivity contribution < 1.29 is 18.0 Å². The fourth-order valence-electron chi connectivity index (χ4n) is 4.55. The predicted molar refractivity (Wildman–Crippen MR) is 175 cm³/mol. The molecule has 2 aromatic carbocycles. The van der Waals surface area contributed by atoms with Crippen LogP contribution in [-0.4, -0.2) is 53.5 Å². The lowest BCUT2D eigenvalue weighted by atomic mass is 9.99. The molecule has 238 valence electrons. The van der Waals surface area contributed by atoms with Gasteiger partial charge in [0.1, 0.15) is 5.69 Å². The molecule has 0 saturated carbocycles. The van der Waals surface area contributed by atoms with Crippen LogP contribution in [0.3, 0.4) is 0 Å². The number of hydrogen-bond acceptors (Lipinski definition) is 6. The summed E-state index contributed by atoms with van der Waals surface area (Å²) in [6, 6.07) is 11.9. The van der Waals surface area contributed by atoms with Gasteiger partial charge in [-0.05, 0) is 80.8 Å². The summed E-state index contributed by atoms with van der Waals surface area (Å²) >= 11 is 6.06. The predicted octanol–water partition coefficient (Wildman–Crippen LogP) is 6.04. The first-order chi connectivity index (χ1) is 20.8. The number of carbonyl (C=O) groups excluding carboxylic acids is 2. The minimum Gasteiger partial charge on any atom is -0.399 e. The first-order valence-electron chi connectivity index (χ1n) is 15.0. The van der Waals surface area contributed by atoms with E-state index in [-0.39, 0.29) is 40.1 Å². The first-order valence-corrected chi connectivity index (χ1v) is 17.0. The van der Waals surface area contributed by atoms with Crippen molar-refractivity contribution in [3.05, 3.63) is 83.2 Å². The topological polar surface area (TPSA) is 128 Å². The Morgan fingerprint density at radius 1 is 0.955 bits per heavy atom. The van der Waals surface area contributed by atoms with E-state index in [9.17, 15) is 18.0 Å². The highest BCUT2D eigenvalue weighted by Gasteiger charge is 2.26. The molecule has 2 N–H and O–H groups in total. The maximum atomic E-state index is 13.9. The second-order valence-corrected chi connectivity index (χ2v) is 13.9. The van der Waals surface area contributed by atoms with Gasteiger partial charge in [-0.25, -0.2) is 4.98 Å². The molecule has 11 heteroatoms. The Balaban J connectivity index is 2.21. The fraction of sp³-hybridized carbons (Fsp3) is 0.455. The van der Waals surface area contributed by atoms with Gasteiger partial charge in [-0.1, -0.05) is 45.4 Å². The number of aryl methyl sites for hydroxylation is 1. The molecule has 1 atom stereocenters. The van der Waals surface area contributed by atoms with E-state index in [1.807, 2.05) is 6.92 Å². The molecular formula is C33H44ClN5O4S. The van der Waals surface area contributed by atoms with Gasteiger partial charge in [0.05, 0.1) is 17.1 Å². The molecule has 0 spiro atoms. The van der Waals surface area contributed by atoms with Crippen LogP contribution < -0.4 is 11.2 Å². The number of anilines is 1. The Kier molecular flexibility index (Phi) is 12.7. The average Bonchev–Trinajstić information content (AvgIpc) is 2.97. The molecule has 1 aromatic heterocycles. The van der Waals surface area contributed by atoms with Gasteiger partial charge in [-0.3, -0.25) is 9.59 Å². The third-order valence-electron chi connectivity index (χ3n) is 7.28. The molecule has 0 aliphatic heterocycles. The summed E-state index contributed by atoms with van der Waals surface area (Å²) in [5.74, 6) is 0.505. The van der Waals surface area contributed by atoms with E-state index < -0.39 is 16.1 Å². The highest BCUT2D eigenvalue weighted by Crippen LogP contribution is 2.22. The number of aromatic nitrogens is 2. The largest absolute Gasteiger partial charge is 0.399 e. The van der Waals surface area contributed by atoms with Crippen LogP contribution in [0, 0.1) is 18.8 Å². The molecule has 0 bridgehead atoms. The van der Waals surface area contributed by atoms with Gasteiger partial charge in [0.15, 0.2) is 11.3 Å². The zero-order valence-corrected chi connectivity index (χ0v) is 27.8. The molecular weight excluding hydrogens is 598 g/mol. The Morgan fingerprint density at radius 2 is 1.55 bits per heavy atom. The zero-order chi connectivity index (χ0) is 32.4. The minimum atomic E-state index is -4.17. The van der Waals surface area contributed by atoms with Gasteiger partial charge in [-0.15, -0.1) is 16.0 Å². The van der Waals surface area contributed by atoms with Crippen LogP contribution in [0.15, 0.2) is 70.2 Å². The Bertz CT molecular complexity index is 1570. The SMILES string of the molecule is Cc1ccc(S(=O)(=O)/N=c2\cnc(C(=O)N(CCC(C)C)CCC(C)C)cn2C(CCCCl)C(=O)c2ccc(N)cc2)cc1. The molecule has 0 radical (unpaired) electrons. The molecule has 1 amide bonds. The van der Waals surface area contributed by atoms with E-state index in [0.717, 1.165) is 18.4 Å². The molecule has 3 rings (SSSR count). The summed E-state index contributed by atoms with van der Waals surface area (Å²) in [5.41, 5.74) is 7.68. The lowest BCUT2D eigenvalue weighted by Gasteiger charge is -2.25. The standard InChI is InChI=1S/C33H44ClN5O4S/c1-23(2)16-19-38(20-17-24(3)4)33(41)29-22-39(30(7-6-18-34)32(40)26-10-12-27(35)13-11-26)31(21-36-29)37-44(42,43)28-14-8-25(5)9-15-28/h8-15,21-24,30H,6-7,16-20,35H2,1-5H3/b37-31+. The quantitative estimate of drug-likeness (QED) is 0.122. The van der Waals surface area contributed by atoms with Gasteiger partial charge >= 0.3 is 0 Å². The molecule has 44 heavy (non-hydrogen) atoms. The molecule has 1 heterocycles. The summed E-state index contributed by atoms with van der Waals surface area (Å²) < 4.78 is 32.4. The molecule has 0 aliphatic rings. The smallest absolute Gasteiger partial charge is 0.284 e. The van der Waals surface area contributed by atoms with Crippen LogP contribution >= 0.6 is 11.6 Å². The lowest BCUT2D eigenvalue weighted by molar-refractivity contribution is 0.0731. The molecule has 9 nitrogen and oxygen atoms in total. The van der Waals surface area contributed by atoms with Crippen LogP contribution in [0.4, 0.5) is 5.69 Å². The Hall–Kier alpha value is -3.50. The number of benzene rings is 2. The van der Waals surface area contributed by atoms with Crippen molar-refractivity contribution in [3.8, 4) is 0 Å². The van der Waals surface area contributed by atoms with Crippen molar-refractivity contribution in [2.75, 3.05) is 24.7 Å². The van der Waals surface area contributed by atoms with Crippen LogP contribution in [0.1, 0.15) is 85.8 Å². The second kappa shape index (κ2) is 16.0. The zero-order valence-electron chi connectivity index (χ0n) is 26.2. The number of carbonyl (C=O) groups is 2. The van der Waals surface area contributed by atoms with Crippen LogP contribution in [-0.2, 0) is 10.0 Å². The lowest BCUT2D eigenvalue weighted by Crippen LogP contribution is -2.37. The minimum absolute atomic E-state index is 0.00511. The summed E-state index contributed by atoms with van der Waals surface area (Å²) in [7, 11) is -4.17. The van der Waals surface area contributed by atoms with Gasteiger partial charge in [0, 0.05) is 36.4 Å². The fourth-order valence-corrected chi connectivity index (χ4v) is 5.68.